The first-order valence-corrected chi connectivity index (χ1v) is 10.8. The Bertz CT molecular complexity index is 945. The Hall–Kier alpha value is -2.30. The number of carboxylic acid groups (broad SMARTS) is 1. The summed E-state index contributed by atoms with van der Waals surface area (Å²) in [5.41, 5.74) is -1.06. The zero-order valence-corrected chi connectivity index (χ0v) is 18.8. The average molecular weight is 517 g/mol. The Morgan fingerprint density at radius 2 is 1.97 bits per heavy atom. The van der Waals surface area contributed by atoms with Crippen molar-refractivity contribution >= 4 is 22.0 Å². The van der Waals surface area contributed by atoms with Crippen molar-refractivity contribution in [2.24, 2.45) is 0 Å². The van der Waals surface area contributed by atoms with Crippen molar-refractivity contribution < 1.29 is 32.9 Å². The number of ether oxygens (including phenoxy) is 1. The maximum absolute atomic E-state index is 13.7. The minimum Gasteiger partial charge on any atom is -0.478 e. The molecule has 4 N–H and O–H groups in total. The smallest absolute Gasteiger partial charge is 0.428 e. The van der Waals surface area contributed by atoms with Crippen molar-refractivity contribution in [3.63, 3.8) is 0 Å². The van der Waals surface area contributed by atoms with E-state index >= 15 is 0 Å². The predicted octanol–water partition coefficient (Wildman–Crippen LogP) is 4.42. The molecule has 174 valence electrons. The number of hydrogen-bond donors (Lipinski definition) is 4. The fourth-order valence-electron chi connectivity index (χ4n) is 3.74. The lowest BCUT2D eigenvalue weighted by Crippen LogP contribution is -2.54. The summed E-state index contributed by atoms with van der Waals surface area (Å²) in [6.45, 7) is 0.871. The van der Waals surface area contributed by atoms with Gasteiger partial charge < -0.3 is 25.6 Å². The molecule has 6 nitrogen and oxygen atoms in total. The van der Waals surface area contributed by atoms with E-state index in [9.17, 15) is 23.1 Å². The molecule has 2 aromatic carbocycles. The molecule has 2 aromatic rings. The van der Waals surface area contributed by atoms with E-state index in [0.717, 1.165) is 12.5 Å². The molecule has 1 aliphatic heterocycles. The van der Waals surface area contributed by atoms with E-state index in [1.165, 1.54) is 6.07 Å². The molecule has 10 heteroatoms. The van der Waals surface area contributed by atoms with Gasteiger partial charge in [0.15, 0.2) is 0 Å². The summed E-state index contributed by atoms with van der Waals surface area (Å²) in [5, 5.41) is 25.1. The summed E-state index contributed by atoms with van der Waals surface area (Å²) in [6.07, 6.45) is -7.25. The Labute approximate surface area is 191 Å². The van der Waals surface area contributed by atoms with Crippen LogP contribution in [0.4, 0.5) is 18.0 Å². The predicted molar refractivity (Wildman–Crippen MR) is 116 cm³/mol. The fraction of sp³-hybridized carbons (Fsp3) is 0.409. The molecular weight excluding hydrogens is 493 g/mol. The molecule has 3 rings (SSSR count). The van der Waals surface area contributed by atoms with Gasteiger partial charge in [0.2, 0.25) is 5.60 Å². The summed E-state index contributed by atoms with van der Waals surface area (Å²) in [4.78, 5) is 11.2. The van der Waals surface area contributed by atoms with Gasteiger partial charge >= 0.3 is 12.3 Å². The van der Waals surface area contributed by atoms with Crippen molar-refractivity contribution in [1.82, 2.24) is 10.6 Å². The first-order valence-electron chi connectivity index (χ1n) is 9.98. The van der Waals surface area contributed by atoms with Crippen LogP contribution in [0.3, 0.4) is 0 Å². The molecule has 0 radical (unpaired) electrons. The van der Waals surface area contributed by atoms with Gasteiger partial charge in [-0.1, -0.05) is 46.3 Å². The molecular formula is C22H24BrF3N2O4. The molecule has 0 bridgehead atoms. The van der Waals surface area contributed by atoms with Gasteiger partial charge in [0, 0.05) is 29.0 Å². The van der Waals surface area contributed by atoms with Gasteiger partial charge in [-0.15, -0.1) is 0 Å². The van der Waals surface area contributed by atoms with E-state index in [1.807, 2.05) is 6.07 Å². The van der Waals surface area contributed by atoms with Crippen LogP contribution >= 0.6 is 15.9 Å². The van der Waals surface area contributed by atoms with E-state index in [1.54, 1.807) is 36.4 Å². The summed E-state index contributed by atoms with van der Waals surface area (Å²) in [7, 11) is 0. The minimum atomic E-state index is -4.60. The van der Waals surface area contributed by atoms with Crippen LogP contribution < -0.4 is 15.4 Å². The number of hydrogen-bond acceptors (Lipinski definition) is 4. The highest BCUT2D eigenvalue weighted by molar-refractivity contribution is 9.10. The molecule has 0 spiro atoms. The van der Waals surface area contributed by atoms with Gasteiger partial charge in [-0.25, -0.2) is 4.79 Å². The molecule has 1 unspecified atom stereocenters. The van der Waals surface area contributed by atoms with Crippen LogP contribution in [0.1, 0.15) is 30.5 Å². The topological polar surface area (TPSA) is 90.8 Å². The number of rotatable bonds is 7. The third kappa shape index (κ3) is 5.73. The summed E-state index contributed by atoms with van der Waals surface area (Å²) < 4.78 is 47.1. The highest BCUT2D eigenvalue weighted by atomic mass is 79.9. The highest BCUT2D eigenvalue weighted by Crippen LogP contribution is 2.47. The second-order valence-electron chi connectivity index (χ2n) is 7.99. The number of fused-ring (bicyclic) bond motifs is 1. The van der Waals surface area contributed by atoms with Crippen molar-refractivity contribution in [2.75, 3.05) is 6.54 Å². The Kier molecular flexibility index (Phi) is 7.36. The van der Waals surface area contributed by atoms with Crippen LogP contribution in [0.15, 0.2) is 53.0 Å². The zero-order valence-electron chi connectivity index (χ0n) is 17.2. The summed E-state index contributed by atoms with van der Waals surface area (Å²) in [6, 6.07) is 12.1. The van der Waals surface area contributed by atoms with Crippen molar-refractivity contribution in [2.45, 2.75) is 49.7 Å². The van der Waals surface area contributed by atoms with E-state index < -0.39 is 42.5 Å². The lowest BCUT2D eigenvalue weighted by Gasteiger charge is -2.41. The number of nitrogens with one attached hydrogen (secondary N) is 2. The number of aliphatic hydroxyl groups is 1. The van der Waals surface area contributed by atoms with E-state index in [-0.39, 0.29) is 18.7 Å². The van der Waals surface area contributed by atoms with E-state index in [0.29, 0.717) is 10.0 Å². The monoisotopic (exact) mass is 516 g/mol. The molecule has 1 heterocycles. The summed E-state index contributed by atoms with van der Waals surface area (Å²) in [5.74, 6) is 0.107. The minimum absolute atomic E-state index is 0.107. The molecule has 32 heavy (non-hydrogen) atoms. The molecule has 1 amide bonds. The molecule has 1 aliphatic rings. The fourth-order valence-corrected chi connectivity index (χ4v) is 4.12. The number of alkyl halides is 3. The van der Waals surface area contributed by atoms with Gasteiger partial charge in [0.1, 0.15) is 5.75 Å². The maximum Gasteiger partial charge on any atom is 0.428 e. The molecule has 4 atom stereocenters. The van der Waals surface area contributed by atoms with Crippen LogP contribution in [0.2, 0.25) is 0 Å². The van der Waals surface area contributed by atoms with Crippen molar-refractivity contribution in [1.29, 1.82) is 0 Å². The molecule has 0 aliphatic carbocycles. The first kappa shape index (κ1) is 24.3. The lowest BCUT2D eigenvalue weighted by atomic mass is 9.87. The number of aliphatic hydroxyl groups excluding tert-OH is 1. The van der Waals surface area contributed by atoms with Gasteiger partial charge in [0.05, 0.1) is 12.1 Å². The SMILES string of the molecule is CC1(C(F)(F)F)C[C@H](NC[C@H](O)[C@H](Cc2ccccc2)NC(=O)O)c2cc(Br)ccc2O1. The van der Waals surface area contributed by atoms with Crippen molar-refractivity contribution in [3.05, 3.63) is 64.1 Å². The van der Waals surface area contributed by atoms with E-state index in [4.69, 9.17) is 9.84 Å². The number of carbonyl (C=O) groups is 1. The van der Waals surface area contributed by atoms with Gasteiger partial charge in [-0.2, -0.15) is 13.2 Å². The second-order valence-corrected chi connectivity index (χ2v) is 8.91. The standard InChI is InChI=1S/C22H24BrF3N2O4/c1-21(22(24,25)26)11-17(15-10-14(23)7-8-19(15)32-21)27-12-18(29)16(28-20(30)31)9-13-5-3-2-4-6-13/h2-8,10,16-18,27-29H,9,11-12H2,1H3,(H,30,31)/t16-,17-,18-,21?/m0/s1. The lowest BCUT2D eigenvalue weighted by molar-refractivity contribution is -0.249. The maximum atomic E-state index is 13.7. The summed E-state index contributed by atoms with van der Waals surface area (Å²) >= 11 is 3.32. The van der Waals surface area contributed by atoms with Gasteiger partial charge in [0.25, 0.3) is 0 Å². The number of halogens is 4. The van der Waals surface area contributed by atoms with Crippen LogP contribution in [-0.2, 0) is 6.42 Å². The normalized spacial score (nSPS) is 22.4. The number of amides is 1. The quantitative estimate of drug-likeness (QED) is 0.437. The van der Waals surface area contributed by atoms with Crippen LogP contribution in [-0.4, -0.2) is 46.8 Å². The highest BCUT2D eigenvalue weighted by Gasteiger charge is 2.56. The third-order valence-electron chi connectivity index (χ3n) is 5.52. The second kappa shape index (κ2) is 9.68. The van der Waals surface area contributed by atoms with Crippen LogP contribution in [0.5, 0.6) is 5.75 Å². The third-order valence-corrected chi connectivity index (χ3v) is 6.01. The first-order chi connectivity index (χ1) is 15.0. The van der Waals surface area contributed by atoms with Crippen LogP contribution in [0, 0.1) is 0 Å². The molecule has 0 aromatic heterocycles. The van der Waals surface area contributed by atoms with Crippen LogP contribution in [0.25, 0.3) is 0 Å². The Morgan fingerprint density at radius 1 is 1.28 bits per heavy atom. The largest absolute Gasteiger partial charge is 0.478 e. The molecule has 0 saturated carbocycles. The number of benzene rings is 2. The van der Waals surface area contributed by atoms with E-state index in [2.05, 4.69) is 26.6 Å². The zero-order chi connectivity index (χ0) is 23.5. The van der Waals surface area contributed by atoms with Gasteiger partial charge in [-0.05, 0) is 37.1 Å². The van der Waals surface area contributed by atoms with Crippen molar-refractivity contribution in [3.8, 4) is 5.75 Å². The molecule has 0 fully saturated rings. The Balaban J connectivity index is 1.78. The molecule has 0 saturated heterocycles. The van der Waals surface area contributed by atoms with Gasteiger partial charge in [-0.3, -0.25) is 0 Å². The average Bonchev–Trinajstić information content (AvgIpc) is 2.71. The Morgan fingerprint density at radius 3 is 2.59 bits per heavy atom.